The van der Waals surface area contributed by atoms with Crippen molar-refractivity contribution >= 4 is 40.7 Å². The number of anilines is 1. The third kappa shape index (κ3) is 4.77. The summed E-state index contributed by atoms with van der Waals surface area (Å²) in [5, 5.41) is 1.94. The molecule has 37 heavy (non-hydrogen) atoms. The molecule has 0 unspecified atom stereocenters. The van der Waals surface area contributed by atoms with Crippen LogP contribution in [0, 0.1) is 11.8 Å². The molecule has 0 aliphatic carbocycles. The van der Waals surface area contributed by atoms with Crippen molar-refractivity contribution in [2.45, 2.75) is 45.6 Å². The standard InChI is InChI=1S/C28H33N3O5S/c1-3-36-28(35)19-11-14-29(15-12-19)25(32)20-7-5-13-30(17-20)22-9-4-8-21-24(22)27(34)31(26(21)33)18(2)23-10-6-16-37-23/h4,6,8-10,16,18-20H,3,5,7,11-15,17H2,1-2H3/t18-,20-/m1/s1. The second-order valence-electron chi connectivity index (χ2n) is 10.0. The average Bonchev–Trinajstić information content (AvgIpc) is 3.55. The Morgan fingerprint density at radius 1 is 1.03 bits per heavy atom. The van der Waals surface area contributed by atoms with E-state index in [1.165, 1.54) is 16.2 Å². The Morgan fingerprint density at radius 2 is 1.81 bits per heavy atom. The van der Waals surface area contributed by atoms with Gasteiger partial charge in [0.1, 0.15) is 0 Å². The monoisotopic (exact) mass is 523 g/mol. The minimum absolute atomic E-state index is 0.106. The minimum atomic E-state index is -0.339. The summed E-state index contributed by atoms with van der Waals surface area (Å²) in [6, 6.07) is 8.96. The Bertz CT molecular complexity index is 1190. The van der Waals surface area contributed by atoms with Crippen LogP contribution < -0.4 is 4.90 Å². The molecular weight excluding hydrogens is 490 g/mol. The fourth-order valence-corrected chi connectivity index (χ4v) is 6.58. The van der Waals surface area contributed by atoms with Crippen molar-refractivity contribution < 1.29 is 23.9 Å². The number of nitrogens with zero attached hydrogens (tertiary/aromatic N) is 3. The second kappa shape index (κ2) is 10.7. The first-order chi connectivity index (χ1) is 17.9. The van der Waals surface area contributed by atoms with Gasteiger partial charge in [0.05, 0.1) is 41.3 Å². The van der Waals surface area contributed by atoms with Crippen LogP contribution in [0.25, 0.3) is 0 Å². The van der Waals surface area contributed by atoms with E-state index >= 15 is 0 Å². The Hall–Kier alpha value is -3.20. The minimum Gasteiger partial charge on any atom is -0.466 e. The average molecular weight is 524 g/mol. The SMILES string of the molecule is CCOC(=O)C1CCN(C(=O)[C@@H]2CCCN(c3cccc4c3C(=O)N([C@H](C)c3cccs3)C4=O)C2)CC1. The van der Waals surface area contributed by atoms with Crippen LogP contribution in [0.3, 0.4) is 0 Å². The van der Waals surface area contributed by atoms with E-state index in [9.17, 15) is 19.2 Å². The Kier molecular flexibility index (Phi) is 7.33. The van der Waals surface area contributed by atoms with Crippen LogP contribution in [-0.2, 0) is 14.3 Å². The van der Waals surface area contributed by atoms with Crippen LogP contribution in [0.5, 0.6) is 0 Å². The largest absolute Gasteiger partial charge is 0.466 e. The number of hydrogen-bond donors (Lipinski definition) is 0. The van der Waals surface area contributed by atoms with Gasteiger partial charge in [-0.2, -0.15) is 0 Å². The highest BCUT2D eigenvalue weighted by molar-refractivity contribution is 7.10. The number of likely N-dealkylation sites (tertiary alicyclic amines) is 1. The van der Waals surface area contributed by atoms with Gasteiger partial charge in [-0.25, -0.2) is 0 Å². The Labute approximate surface area is 221 Å². The second-order valence-corrected chi connectivity index (χ2v) is 11.0. The maximum atomic E-state index is 13.6. The molecule has 3 aliphatic heterocycles. The Balaban J connectivity index is 1.30. The predicted octanol–water partition coefficient (Wildman–Crippen LogP) is 4.12. The first-order valence-corrected chi connectivity index (χ1v) is 14.0. The van der Waals surface area contributed by atoms with E-state index in [0.29, 0.717) is 50.2 Å². The summed E-state index contributed by atoms with van der Waals surface area (Å²) < 4.78 is 5.15. The van der Waals surface area contributed by atoms with Crippen molar-refractivity contribution in [2.24, 2.45) is 11.8 Å². The number of rotatable bonds is 6. The highest BCUT2D eigenvalue weighted by Gasteiger charge is 2.42. The number of piperidine rings is 2. The topological polar surface area (TPSA) is 87.2 Å². The molecule has 3 aliphatic rings. The number of ether oxygens (including phenoxy) is 1. The summed E-state index contributed by atoms with van der Waals surface area (Å²) in [5.74, 6) is -0.922. The maximum absolute atomic E-state index is 13.6. The van der Waals surface area contributed by atoms with Gasteiger partial charge < -0.3 is 14.5 Å². The normalized spacial score (nSPS) is 21.2. The van der Waals surface area contributed by atoms with E-state index in [1.54, 1.807) is 13.0 Å². The molecule has 0 spiro atoms. The van der Waals surface area contributed by atoms with E-state index in [1.807, 2.05) is 41.5 Å². The highest BCUT2D eigenvalue weighted by Crippen LogP contribution is 2.38. The number of fused-ring (bicyclic) bond motifs is 1. The molecule has 2 saturated heterocycles. The fraction of sp³-hybridized carbons (Fsp3) is 0.500. The van der Waals surface area contributed by atoms with Gasteiger partial charge in [0, 0.05) is 31.1 Å². The van der Waals surface area contributed by atoms with Crippen molar-refractivity contribution in [3.05, 3.63) is 51.7 Å². The molecule has 0 radical (unpaired) electrons. The Morgan fingerprint density at radius 3 is 2.51 bits per heavy atom. The molecule has 8 nitrogen and oxygen atoms in total. The molecule has 2 aromatic rings. The molecule has 9 heteroatoms. The lowest BCUT2D eigenvalue weighted by Crippen LogP contribution is -2.48. The quantitative estimate of drug-likeness (QED) is 0.418. The van der Waals surface area contributed by atoms with Gasteiger partial charge in [-0.3, -0.25) is 24.1 Å². The molecule has 196 valence electrons. The molecule has 4 heterocycles. The smallest absolute Gasteiger partial charge is 0.309 e. The van der Waals surface area contributed by atoms with E-state index in [0.717, 1.165) is 30.0 Å². The third-order valence-electron chi connectivity index (χ3n) is 7.80. The lowest BCUT2D eigenvalue weighted by molar-refractivity contribution is -0.151. The predicted molar refractivity (Wildman–Crippen MR) is 141 cm³/mol. The van der Waals surface area contributed by atoms with Crippen LogP contribution in [0.1, 0.15) is 71.2 Å². The van der Waals surface area contributed by atoms with Crippen LogP contribution in [-0.4, -0.2) is 66.3 Å². The summed E-state index contributed by atoms with van der Waals surface area (Å²) in [4.78, 5) is 58.6. The van der Waals surface area contributed by atoms with E-state index in [-0.39, 0.29) is 41.6 Å². The van der Waals surface area contributed by atoms with Crippen molar-refractivity contribution in [3.63, 3.8) is 0 Å². The summed E-state index contributed by atoms with van der Waals surface area (Å²) in [6.45, 7) is 6.41. The van der Waals surface area contributed by atoms with Gasteiger partial charge in [0.25, 0.3) is 11.8 Å². The van der Waals surface area contributed by atoms with Crippen LogP contribution in [0.4, 0.5) is 5.69 Å². The van der Waals surface area contributed by atoms with E-state index in [4.69, 9.17) is 4.74 Å². The van der Waals surface area contributed by atoms with Crippen LogP contribution >= 0.6 is 11.3 Å². The zero-order valence-corrected chi connectivity index (χ0v) is 22.2. The van der Waals surface area contributed by atoms with Gasteiger partial charge >= 0.3 is 5.97 Å². The molecule has 2 atom stereocenters. The maximum Gasteiger partial charge on any atom is 0.309 e. The van der Waals surface area contributed by atoms with Crippen molar-refractivity contribution in [3.8, 4) is 0 Å². The van der Waals surface area contributed by atoms with Gasteiger partial charge in [-0.1, -0.05) is 12.1 Å². The summed E-state index contributed by atoms with van der Waals surface area (Å²) in [5.41, 5.74) is 1.61. The summed E-state index contributed by atoms with van der Waals surface area (Å²) >= 11 is 1.53. The number of benzene rings is 1. The number of carbonyl (C=O) groups is 4. The molecule has 2 fully saturated rings. The fourth-order valence-electron chi connectivity index (χ4n) is 5.81. The summed E-state index contributed by atoms with van der Waals surface area (Å²) in [6.07, 6.45) is 2.87. The van der Waals surface area contributed by atoms with Gasteiger partial charge in [0.15, 0.2) is 0 Å². The molecule has 5 rings (SSSR count). The molecule has 0 bridgehead atoms. The molecule has 1 aromatic carbocycles. The number of carbonyl (C=O) groups excluding carboxylic acids is 4. The third-order valence-corrected chi connectivity index (χ3v) is 8.85. The van der Waals surface area contributed by atoms with Gasteiger partial charge in [-0.15, -0.1) is 11.3 Å². The summed E-state index contributed by atoms with van der Waals surface area (Å²) in [7, 11) is 0. The van der Waals surface area contributed by atoms with Crippen LogP contribution in [0.15, 0.2) is 35.7 Å². The van der Waals surface area contributed by atoms with Crippen molar-refractivity contribution in [1.29, 1.82) is 0 Å². The molecular formula is C28H33N3O5S. The number of imide groups is 1. The lowest BCUT2D eigenvalue weighted by Gasteiger charge is -2.38. The number of esters is 1. The first-order valence-electron chi connectivity index (χ1n) is 13.1. The zero-order chi connectivity index (χ0) is 26.1. The number of thiophene rings is 1. The van der Waals surface area contributed by atoms with E-state index in [2.05, 4.69) is 4.90 Å². The molecule has 0 N–H and O–H groups in total. The zero-order valence-electron chi connectivity index (χ0n) is 21.4. The number of hydrogen-bond acceptors (Lipinski definition) is 7. The molecule has 3 amide bonds. The number of amides is 3. The van der Waals surface area contributed by atoms with E-state index < -0.39 is 0 Å². The highest BCUT2D eigenvalue weighted by atomic mass is 32.1. The lowest BCUT2D eigenvalue weighted by atomic mass is 9.92. The van der Waals surface area contributed by atoms with Gasteiger partial charge in [-0.05, 0) is 63.1 Å². The molecule has 1 aromatic heterocycles. The van der Waals surface area contributed by atoms with Gasteiger partial charge in [0.2, 0.25) is 5.91 Å². The molecule has 0 saturated carbocycles. The first kappa shape index (κ1) is 25.4. The van der Waals surface area contributed by atoms with Crippen molar-refractivity contribution in [2.75, 3.05) is 37.7 Å². The van der Waals surface area contributed by atoms with Crippen LogP contribution in [0.2, 0.25) is 0 Å². The van der Waals surface area contributed by atoms with Crippen molar-refractivity contribution in [1.82, 2.24) is 9.80 Å².